The Balaban J connectivity index is 2.26. The van der Waals surface area contributed by atoms with Gasteiger partial charge in [-0.2, -0.15) is 0 Å². The number of nitrogens with zero attached hydrogens (tertiary/aromatic N) is 1. The first-order valence-corrected chi connectivity index (χ1v) is 5.16. The molecule has 0 aromatic rings. The van der Waals surface area contributed by atoms with Crippen LogP contribution in [0.25, 0.3) is 0 Å². The van der Waals surface area contributed by atoms with E-state index in [1.54, 1.807) is 0 Å². The fourth-order valence-corrected chi connectivity index (χ4v) is 2.00. The Morgan fingerprint density at radius 1 is 1.62 bits per heavy atom. The van der Waals surface area contributed by atoms with Crippen LogP contribution in [0.4, 0.5) is 0 Å². The van der Waals surface area contributed by atoms with Crippen molar-refractivity contribution in [3.8, 4) is 0 Å². The summed E-state index contributed by atoms with van der Waals surface area (Å²) >= 11 is 0. The SMILES string of the molecule is C=C(C)CN(C)CC1NCCC1C. The van der Waals surface area contributed by atoms with Gasteiger partial charge in [0.2, 0.25) is 0 Å². The minimum Gasteiger partial charge on any atom is -0.312 e. The topological polar surface area (TPSA) is 15.3 Å². The van der Waals surface area contributed by atoms with Crippen LogP contribution in [0.5, 0.6) is 0 Å². The van der Waals surface area contributed by atoms with E-state index in [0.29, 0.717) is 6.04 Å². The zero-order chi connectivity index (χ0) is 9.84. The summed E-state index contributed by atoms with van der Waals surface area (Å²) < 4.78 is 0. The van der Waals surface area contributed by atoms with Gasteiger partial charge < -0.3 is 10.2 Å². The normalized spacial score (nSPS) is 28.3. The van der Waals surface area contributed by atoms with Crippen LogP contribution in [0.15, 0.2) is 12.2 Å². The number of hydrogen-bond donors (Lipinski definition) is 1. The molecule has 0 amide bonds. The molecule has 2 heteroatoms. The molecular formula is C11H22N2. The molecule has 1 fully saturated rings. The molecule has 0 aromatic heterocycles. The van der Waals surface area contributed by atoms with Crippen molar-refractivity contribution in [3.05, 3.63) is 12.2 Å². The van der Waals surface area contributed by atoms with Crippen LogP contribution in [0.1, 0.15) is 20.3 Å². The van der Waals surface area contributed by atoms with E-state index in [0.717, 1.165) is 19.0 Å². The Bertz CT molecular complexity index is 177. The fourth-order valence-electron chi connectivity index (χ4n) is 2.00. The molecule has 76 valence electrons. The Kier molecular flexibility index (Phi) is 3.94. The summed E-state index contributed by atoms with van der Waals surface area (Å²) in [4.78, 5) is 2.35. The molecule has 1 rings (SSSR count). The largest absolute Gasteiger partial charge is 0.312 e. The van der Waals surface area contributed by atoms with E-state index in [4.69, 9.17) is 0 Å². The number of rotatable bonds is 4. The molecule has 0 spiro atoms. The molecule has 0 aromatic carbocycles. The van der Waals surface area contributed by atoms with Gasteiger partial charge in [0, 0.05) is 19.1 Å². The van der Waals surface area contributed by atoms with Crippen molar-refractivity contribution in [1.82, 2.24) is 10.2 Å². The highest BCUT2D eigenvalue weighted by Gasteiger charge is 2.23. The fraction of sp³-hybridized carbons (Fsp3) is 0.818. The van der Waals surface area contributed by atoms with Crippen molar-refractivity contribution in [2.45, 2.75) is 26.3 Å². The van der Waals surface area contributed by atoms with Crippen molar-refractivity contribution in [1.29, 1.82) is 0 Å². The van der Waals surface area contributed by atoms with Crippen LogP contribution in [-0.2, 0) is 0 Å². The molecule has 1 N–H and O–H groups in total. The molecule has 2 atom stereocenters. The summed E-state index contributed by atoms with van der Waals surface area (Å²) in [5.74, 6) is 0.826. The first-order chi connectivity index (χ1) is 6.09. The second-order valence-electron chi connectivity index (χ2n) is 4.48. The van der Waals surface area contributed by atoms with Gasteiger partial charge in [-0.25, -0.2) is 0 Å². The molecule has 1 heterocycles. The van der Waals surface area contributed by atoms with Gasteiger partial charge in [0.15, 0.2) is 0 Å². The third kappa shape index (κ3) is 3.49. The minimum atomic E-state index is 0.685. The Morgan fingerprint density at radius 2 is 2.31 bits per heavy atom. The summed E-state index contributed by atoms with van der Waals surface area (Å²) in [6.45, 7) is 11.7. The molecule has 1 aliphatic heterocycles. The van der Waals surface area contributed by atoms with E-state index in [-0.39, 0.29) is 0 Å². The Labute approximate surface area is 82.0 Å². The number of nitrogens with one attached hydrogen (secondary N) is 1. The molecule has 13 heavy (non-hydrogen) atoms. The van der Waals surface area contributed by atoms with Crippen LogP contribution in [-0.4, -0.2) is 37.6 Å². The Hall–Kier alpha value is -0.340. The molecule has 0 radical (unpaired) electrons. The lowest BCUT2D eigenvalue weighted by atomic mass is 10.0. The average Bonchev–Trinajstić information content (AvgIpc) is 2.34. The van der Waals surface area contributed by atoms with Gasteiger partial charge in [0.1, 0.15) is 0 Å². The average molecular weight is 182 g/mol. The predicted octanol–water partition coefficient (Wildman–Crippen LogP) is 1.49. The highest BCUT2D eigenvalue weighted by molar-refractivity contribution is 4.92. The second kappa shape index (κ2) is 4.77. The molecule has 0 aliphatic carbocycles. The van der Waals surface area contributed by atoms with E-state index in [1.165, 1.54) is 18.5 Å². The lowest BCUT2D eigenvalue weighted by Gasteiger charge is -2.23. The lowest BCUT2D eigenvalue weighted by molar-refractivity contribution is 0.296. The maximum Gasteiger partial charge on any atom is 0.0221 e. The highest BCUT2D eigenvalue weighted by atomic mass is 15.1. The van der Waals surface area contributed by atoms with E-state index in [9.17, 15) is 0 Å². The first kappa shape index (κ1) is 10.7. The molecule has 0 bridgehead atoms. The van der Waals surface area contributed by atoms with Crippen LogP contribution in [0, 0.1) is 5.92 Å². The van der Waals surface area contributed by atoms with Crippen molar-refractivity contribution in [2.24, 2.45) is 5.92 Å². The Morgan fingerprint density at radius 3 is 2.77 bits per heavy atom. The summed E-state index contributed by atoms with van der Waals surface area (Å²) in [6, 6.07) is 0.685. The number of hydrogen-bond acceptors (Lipinski definition) is 2. The minimum absolute atomic E-state index is 0.685. The van der Waals surface area contributed by atoms with Crippen LogP contribution >= 0.6 is 0 Å². The molecule has 2 unspecified atom stereocenters. The predicted molar refractivity (Wildman–Crippen MR) is 57.9 cm³/mol. The third-order valence-corrected chi connectivity index (χ3v) is 2.74. The first-order valence-electron chi connectivity index (χ1n) is 5.16. The van der Waals surface area contributed by atoms with Crippen molar-refractivity contribution in [2.75, 3.05) is 26.7 Å². The van der Waals surface area contributed by atoms with Gasteiger partial charge in [-0.1, -0.05) is 19.1 Å². The summed E-state index contributed by atoms with van der Waals surface area (Å²) in [5, 5.41) is 3.54. The molecule has 2 nitrogen and oxygen atoms in total. The smallest absolute Gasteiger partial charge is 0.0221 e. The van der Waals surface area contributed by atoms with Crippen molar-refractivity contribution >= 4 is 0 Å². The second-order valence-corrected chi connectivity index (χ2v) is 4.48. The van der Waals surface area contributed by atoms with E-state index < -0.39 is 0 Å². The summed E-state index contributed by atoms with van der Waals surface area (Å²) in [5.41, 5.74) is 1.24. The van der Waals surface area contributed by atoms with Crippen LogP contribution in [0.3, 0.4) is 0 Å². The zero-order valence-corrected chi connectivity index (χ0v) is 9.14. The number of likely N-dealkylation sites (N-methyl/N-ethyl adjacent to an activating group) is 1. The maximum absolute atomic E-state index is 3.93. The van der Waals surface area contributed by atoms with Gasteiger partial charge in [0.25, 0.3) is 0 Å². The van der Waals surface area contributed by atoms with Crippen molar-refractivity contribution < 1.29 is 0 Å². The van der Waals surface area contributed by atoms with Gasteiger partial charge >= 0.3 is 0 Å². The van der Waals surface area contributed by atoms with Gasteiger partial charge in [-0.3, -0.25) is 0 Å². The molecular weight excluding hydrogens is 160 g/mol. The van der Waals surface area contributed by atoms with Crippen LogP contribution in [0.2, 0.25) is 0 Å². The van der Waals surface area contributed by atoms with Gasteiger partial charge in [0.05, 0.1) is 0 Å². The molecule has 1 saturated heterocycles. The summed E-state index contributed by atoms with van der Waals surface area (Å²) in [6.07, 6.45) is 1.32. The quantitative estimate of drug-likeness (QED) is 0.663. The molecule has 1 aliphatic rings. The summed E-state index contributed by atoms with van der Waals surface area (Å²) in [7, 11) is 2.17. The van der Waals surface area contributed by atoms with E-state index in [1.807, 2.05) is 0 Å². The zero-order valence-electron chi connectivity index (χ0n) is 9.14. The van der Waals surface area contributed by atoms with Gasteiger partial charge in [-0.15, -0.1) is 0 Å². The standard InChI is InChI=1S/C11H22N2/c1-9(2)7-13(4)8-11-10(3)5-6-12-11/h10-12H,1,5-8H2,2-4H3. The van der Waals surface area contributed by atoms with E-state index in [2.05, 4.69) is 37.7 Å². The monoisotopic (exact) mass is 182 g/mol. The van der Waals surface area contributed by atoms with Gasteiger partial charge in [-0.05, 0) is 32.9 Å². The highest BCUT2D eigenvalue weighted by Crippen LogP contribution is 2.15. The van der Waals surface area contributed by atoms with Crippen molar-refractivity contribution in [3.63, 3.8) is 0 Å². The molecule has 0 saturated carbocycles. The van der Waals surface area contributed by atoms with E-state index >= 15 is 0 Å². The van der Waals surface area contributed by atoms with Crippen LogP contribution < -0.4 is 5.32 Å². The maximum atomic E-state index is 3.93. The lowest BCUT2D eigenvalue weighted by Crippen LogP contribution is -2.38. The third-order valence-electron chi connectivity index (χ3n) is 2.74.